The van der Waals surface area contributed by atoms with Gasteiger partial charge >= 0.3 is 0 Å². The van der Waals surface area contributed by atoms with Crippen molar-refractivity contribution in [3.8, 4) is 5.75 Å². The number of rotatable bonds is 14. The number of methoxy groups -OCH3 is 1. The molecule has 3 N–H and O–H groups in total. The fourth-order valence-electron chi connectivity index (χ4n) is 5.89. The Morgan fingerprint density at radius 2 is 1.72 bits per heavy atom. The van der Waals surface area contributed by atoms with Gasteiger partial charge < -0.3 is 30.1 Å². The number of hydrogen-bond acceptors (Lipinski definition) is 8. The number of non-ortho nitro benzene ring substituents is 1. The minimum atomic E-state index is -2.15. The van der Waals surface area contributed by atoms with Crippen LogP contribution in [-0.4, -0.2) is 58.0 Å². The Morgan fingerprint density at radius 3 is 2.36 bits per heavy atom. The van der Waals surface area contributed by atoms with Gasteiger partial charge in [-0.1, -0.05) is 61.5 Å². The van der Waals surface area contributed by atoms with Crippen LogP contribution in [0.3, 0.4) is 0 Å². The van der Waals surface area contributed by atoms with E-state index in [1.54, 1.807) is 74.7 Å². The lowest BCUT2D eigenvalue weighted by molar-refractivity contribution is -0.385. The van der Waals surface area contributed by atoms with Gasteiger partial charge in [-0.3, -0.25) is 24.5 Å². The highest BCUT2D eigenvalue weighted by Gasteiger charge is 2.53. The number of nitrogens with one attached hydrogen (secondary N) is 1. The van der Waals surface area contributed by atoms with Crippen LogP contribution in [-0.2, 0) is 28.3 Å². The van der Waals surface area contributed by atoms with Crippen LogP contribution in [0.5, 0.6) is 5.75 Å². The number of ether oxygens (including phenoxy) is 1. The number of anilines is 2. The van der Waals surface area contributed by atoms with Crippen molar-refractivity contribution in [2.75, 3.05) is 30.5 Å². The Bertz CT molecular complexity index is 1880. The highest BCUT2D eigenvalue weighted by molar-refractivity contribution is 6.07. The monoisotopic (exact) mass is 678 g/mol. The van der Waals surface area contributed by atoms with E-state index >= 15 is 0 Å². The first-order valence-corrected chi connectivity index (χ1v) is 16.0. The molecule has 0 radical (unpaired) electrons. The molecule has 0 aromatic heterocycles. The van der Waals surface area contributed by atoms with Crippen LogP contribution in [0.25, 0.3) is 0 Å². The molecule has 0 spiro atoms. The largest absolute Gasteiger partial charge is 0.497 e. The topological polar surface area (TPSA) is 163 Å². The van der Waals surface area contributed by atoms with Crippen LogP contribution in [0.4, 0.5) is 17.1 Å². The minimum absolute atomic E-state index is 0.0448. The average molecular weight is 679 g/mol. The molecule has 258 valence electrons. The van der Waals surface area contributed by atoms with Crippen LogP contribution in [0.2, 0.25) is 0 Å². The molecule has 0 unspecified atom stereocenters. The number of nitro groups is 1. The molecule has 0 bridgehead atoms. The lowest BCUT2D eigenvalue weighted by Crippen LogP contribution is -2.44. The van der Waals surface area contributed by atoms with Crippen LogP contribution in [0.1, 0.15) is 40.4 Å². The van der Waals surface area contributed by atoms with Gasteiger partial charge in [-0.05, 0) is 53.6 Å². The summed E-state index contributed by atoms with van der Waals surface area (Å²) < 4.78 is 5.13. The Morgan fingerprint density at radius 1 is 1.02 bits per heavy atom. The summed E-state index contributed by atoms with van der Waals surface area (Å²) in [7, 11) is 1.54. The number of aliphatic hydroxyl groups excluding tert-OH is 1. The van der Waals surface area contributed by atoms with Crippen molar-refractivity contribution in [2.24, 2.45) is 5.92 Å². The van der Waals surface area contributed by atoms with Crippen LogP contribution >= 0.6 is 0 Å². The van der Waals surface area contributed by atoms with Crippen molar-refractivity contribution in [2.45, 2.75) is 32.0 Å². The van der Waals surface area contributed by atoms with E-state index in [2.05, 4.69) is 5.32 Å². The quantitative estimate of drug-likeness (QED) is 0.0932. The minimum Gasteiger partial charge on any atom is -0.497 e. The number of hydrogen-bond donors (Lipinski definition) is 3. The summed E-state index contributed by atoms with van der Waals surface area (Å²) in [5, 5.41) is 36.0. The zero-order chi connectivity index (χ0) is 35.8. The molecule has 5 rings (SSSR count). The Balaban J connectivity index is 1.32. The highest BCUT2D eigenvalue weighted by Crippen LogP contribution is 2.47. The number of nitro benzene ring substituents is 1. The lowest BCUT2D eigenvalue weighted by Gasteiger charge is -2.28. The second-order valence-corrected chi connectivity index (χ2v) is 11.9. The molecule has 12 heteroatoms. The number of carbonyl (C=O) groups is 3. The maximum atomic E-state index is 14.0. The molecule has 0 saturated carbocycles. The third-order valence-corrected chi connectivity index (χ3v) is 8.68. The fraction of sp³-hybridized carbons (Fsp3) is 0.237. The van der Waals surface area contributed by atoms with Crippen molar-refractivity contribution in [1.82, 2.24) is 4.90 Å². The first kappa shape index (κ1) is 35.5. The number of amides is 3. The van der Waals surface area contributed by atoms with Crippen LogP contribution < -0.4 is 15.0 Å². The van der Waals surface area contributed by atoms with Crippen molar-refractivity contribution >= 4 is 34.8 Å². The molecule has 0 aliphatic carbocycles. The summed E-state index contributed by atoms with van der Waals surface area (Å²) in [4.78, 5) is 53.8. The second kappa shape index (κ2) is 15.6. The first-order chi connectivity index (χ1) is 24.0. The first-order valence-electron chi connectivity index (χ1n) is 16.0. The van der Waals surface area contributed by atoms with Gasteiger partial charge in [-0.15, -0.1) is 0 Å². The molecule has 1 heterocycles. The molecule has 1 aliphatic heterocycles. The van der Waals surface area contributed by atoms with Crippen LogP contribution in [0.15, 0.2) is 109 Å². The SMILES string of the molecule is COc1ccc(C(=O)Nc2ccc(CN3C(=O)[C@@](O)([C@@H](C)/C=C/CC(=O)N(CCO)Cc4ccccc4)c4cc([N+](=O)[O-])ccc43)cc2)cc1. The normalized spacial score (nSPS) is 15.8. The number of carbonyl (C=O) groups excluding carboxylic acids is 3. The molecule has 0 fully saturated rings. The van der Waals surface area contributed by atoms with Crippen molar-refractivity contribution in [3.05, 3.63) is 142 Å². The molecule has 4 aromatic carbocycles. The maximum absolute atomic E-state index is 14.0. The van der Waals surface area contributed by atoms with Crippen molar-refractivity contribution in [1.29, 1.82) is 0 Å². The van der Waals surface area contributed by atoms with Gasteiger partial charge in [-0.25, -0.2) is 0 Å². The number of benzene rings is 4. The van der Waals surface area contributed by atoms with Crippen molar-refractivity contribution in [3.63, 3.8) is 0 Å². The Kier molecular flexibility index (Phi) is 11.0. The summed E-state index contributed by atoms with van der Waals surface area (Å²) >= 11 is 0. The van der Waals surface area contributed by atoms with E-state index in [4.69, 9.17) is 4.74 Å². The fourth-order valence-corrected chi connectivity index (χ4v) is 5.89. The van der Waals surface area contributed by atoms with Gasteiger partial charge in [0.05, 0.1) is 30.9 Å². The summed E-state index contributed by atoms with van der Waals surface area (Å²) in [6.45, 7) is 1.90. The Hall–Kier alpha value is -5.85. The van der Waals surface area contributed by atoms with E-state index in [1.165, 1.54) is 28.0 Å². The number of fused-ring (bicyclic) bond motifs is 1. The standard InChI is InChI=1S/C38H38N4O8/c1-26(7-6-10-35(44)40(21-22-43)24-27-8-4-3-5-9-27)38(47)33-23-31(42(48)49)17-20-34(33)41(37(38)46)25-28-11-15-30(16-12-28)39-36(45)29-13-18-32(50-2)19-14-29/h3-9,11-20,23,26,43,47H,10,21-22,24-25H2,1-2H3,(H,39,45)/b7-6+/t26-,38+/m0/s1. The zero-order valence-electron chi connectivity index (χ0n) is 27.7. The summed E-state index contributed by atoms with van der Waals surface area (Å²) in [5.41, 5.74) is 0.564. The summed E-state index contributed by atoms with van der Waals surface area (Å²) in [5.74, 6) is -1.47. The molecular weight excluding hydrogens is 640 g/mol. The van der Waals surface area contributed by atoms with Gasteiger partial charge in [0.25, 0.3) is 17.5 Å². The van der Waals surface area contributed by atoms with Crippen LogP contribution in [0, 0.1) is 16.0 Å². The smallest absolute Gasteiger partial charge is 0.269 e. The Labute approximate surface area is 289 Å². The molecular formula is C38H38N4O8. The van der Waals surface area contributed by atoms with Gasteiger partial charge in [-0.2, -0.15) is 0 Å². The van der Waals surface area contributed by atoms with Gasteiger partial charge in [0.1, 0.15) is 5.75 Å². The number of nitrogens with zero attached hydrogens (tertiary/aromatic N) is 3. The summed E-state index contributed by atoms with van der Waals surface area (Å²) in [6.07, 6.45) is 3.07. The van der Waals surface area contributed by atoms with E-state index < -0.39 is 22.3 Å². The zero-order valence-corrected chi connectivity index (χ0v) is 27.7. The molecule has 50 heavy (non-hydrogen) atoms. The van der Waals surface area contributed by atoms with Crippen molar-refractivity contribution < 1.29 is 34.3 Å². The average Bonchev–Trinajstić information content (AvgIpc) is 3.34. The predicted molar refractivity (Wildman–Crippen MR) is 187 cm³/mol. The predicted octanol–water partition coefficient (Wildman–Crippen LogP) is 5.19. The van der Waals surface area contributed by atoms with E-state index in [1.807, 2.05) is 30.3 Å². The second-order valence-electron chi connectivity index (χ2n) is 11.9. The molecule has 4 aromatic rings. The molecule has 1 aliphatic rings. The van der Waals surface area contributed by atoms with Gasteiger partial charge in [0.15, 0.2) is 5.60 Å². The summed E-state index contributed by atoms with van der Waals surface area (Å²) in [6, 6.07) is 26.9. The maximum Gasteiger partial charge on any atom is 0.269 e. The lowest BCUT2D eigenvalue weighted by atomic mass is 9.82. The van der Waals surface area contributed by atoms with E-state index in [-0.39, 0.29) is 49.2 Å². The third kappa shape index (κ3) is 7.72. The van der Waals surface area contributed by atoms with Gasteiger partial charge in [0.2, 0.25) is 5.91 Å². The molecule has 3 amide bonds. The van der Waals surface area contributed by atoms with E-state index in [0.29, 0.717) is 34.8 Å². The number of aliphatic hydroxyl groups is 2. The molecule has 2 atom stereocenters. The molecule has 12 nitrogen and oxygen atoms in total. The van der Waals surface area contributed by atoms with E-state index in [0.717, 1.165) is 5.56 Å². The highest BCUT2D eigenvalue weighted by atomic mass is 16.6. The van der Waals surface area contributed by atoms with E-state index in [9.17, 15) is 34.7 Å². The van der Waals surface area contributed by atoms with Gasteiger partial charge in [0, 0.05) is 54.4 Å². The third-order valence-electron chi connectivity index (χ3n) is 8.68. The molecule has 0 saturated heterocycles.